The molecule has 0 fully saturated rings. The molecule has 2 N–H and O–H groups in total. The van der Waals surface area contributed by atoms with E-state index in [1.165, 1.54) is 5.04 Å². The summed E-state index contributed by atoms with van der Waals surface area (Å²) in [7, 11) is 0.464. The second kappa shape index (κ2) is 20.2. The minimum Gasteiger partial charge on any atom is -0.741 e. The molecule has 10 nitrogen and oxygen atoms in total. The number of thiocarbonyl (C=S) groups is 1. The number of rotatable bonds is 7. The SMILES string of the molecule is CCOS(=O)(=O)C(F)(F)F.CCSC(CNC)=[N+](C)C.CNCC(=S)N(C)C.O=S(=O)([O-])C(F)(F)F. The Morgan fingerprint density at radius 3 is 1.50 bits per heavy atom. The minimum atomic E-state index is -6.09. The van der Waals surface area contributed by atoms with E-state index in [4.69, 9.17) is 25.2 Å². The highest BCUT2D eigenvalue weighted by atomic mass is 32.2. The van der Waals surface area contributed by atoms with Crippen molar-refractivity contribution in [3.8, 4) is 0 Å². The molecule has 0 aliphatic carbocycles. The normalized spacial score (nSPS) is 11.5. The summed E-state index contributed by atoms with van der Waals surface area (Å²) in [5.74, 6) is 1.15. The zero-order valence-electron chi connectivity index (χ0n) is 21.1. The smallest absolute Gasteiger partial charge is 0.523 e. The molecule has 0 aromatic heterocycles. The summed E-state index contributed by atoms with van der Waals surface area (Å²) >= 11 is 6.83. The van der Waals surface area contributed by atoms with Crippen LogP contribution in [0.5, 0.6) is 0 Å². The number of likely N-dealkylation sites (N-methyl/N-ethyl adjacent to an activating group) is 2. The van der Waals surface area contributed by atoms with E-state index in [0.717, 1.165) is 30.8 Å². The molecule has 0 radical (unpaired) electrons. The van der Waals surface area contributed by atoms with Crippen molar-refractivity contribution in [2.75, 3.05) is 67.7 Å². The van der Waals surface area contributed by atoms with Gasteiger partial charge in [-0.3, -0.25) is 4.18 Å². The van der Waals surface area contributed by atoms with E-state index in [-0.39, 0.29) is 0 Å². The second-order valence-corrected chi connectivity index (χ2v) is 11.1. The van der Waals surface area contributed by atoms with Crippen LogP contribution in [-0.2, 0) is 24.4 Å². The molecule has 0 aromatic carbocycles. The monoisotopic (exact) mass is 620 g/mol. The van der Waals surface area contributed by atoms with Crippen LogP contribution >= 0.6 is 24.0 Å². The number of alkyl halides is 6. The van der Waals surface area contributed by atoms with Gasteiger partial charge in [-0.05, 0) is 21.0 Å². The lowest BCUT2D eigenvalue weighted by Gasteiger charge is -2.11. The highest BCUT2D eigenvalue weighted by Gasteiger charge is 2.46. The molecule has 0 unspecified atom stereocenters. The number of thioether (sulfide) groups is 1. The van der Waals surface area contributed by atoms with Crippen molar-refractivity contribution >= 4 is 54.2 Å². The molecule has 0 aliphatic rings. The van der Waals surface area contributed by atoms with E-state index < -0.39 is 37.9 Å². The quantitative estimate of drug-likeness (QED) is 0.0630. The summed E-state index contributed by atoms with van der Waals surface area (Å²) in [4.78, 5) is 2.86. The Hall–Kier alpha value is -0.770. The topological polar surface area (TPSA) is 131 Å². The van der Waals surface area contributed by atoms with Crippen LogP contribution in [-0.4, -0.2) is 120 Å². The average Bonchev–Trinajstić information content (AvgIpc) is 2.67. The maximum absolute atomic E-state index is 11.3. The van der Waals surface area contributed by atoms with Crippen LogP contribution in [0.25, 0.3) is 0 Å². The lowest BCUT2D eigenvalue weighted by atomic mass is 10.6. The first-order chi connectivity index (χ1) is 16.0. The average molecular weight is 621 g/mol. The molecule has 0 rings (SSSR count). The van der Waals surface area contributed by atoms with Crippen LogP contribution in [0.1, 0.15) is 13.8 Å². The molecule has 0 spiro atoms. The van der Waals surface area contributed by atoms with Crippen molar-refractivity contribution in [2.45, 2.75) is 24.9 Å². The summed E-state index contributed by atoms with van der Waals surface area (Å²) in [6.45, 7) is 4.59. The van der Waals surface area contributed by atoms with Gasteiger partial charge in [0, 0.05) is 26.4 Å². The fourth-order valence-corrected chi connectivity index (χ4v) is 2.61. The van der Waals surface area contributed by atoms with Gasteiger partial charge < -0.3 is 20.1 Å². The van der Waals surface area contributed by atoms with Crippen molar-refractivity contribution < 1.29 is 56.5 Å². The Balaban J connectivity index is -0.000000191. The molecule has 0 atom stereocenters. The molecule has 0 amide bonds. The molecule has 0 saturated heterocycles. The minimum absolute atomic E-state index is 0.512. The summed E-state index contributed by atoms with van der Waals surface area (Å²) in [6, 6.07) is 0. The second-order valence-electron chi connectivity index (χ2n) is 6.28. The lowest BCUT2D eigenvalue weighted by molar-refractivity contribution is -0.462. The Bertz CT molecular complexity index is 836. The van der Waals surface area contributed by atoms with E-state index >= 15 is 0 Å². The summed E-state index contributed by atoms with van der Waals surface area (Å²) in [5.41, 5.74) is -10.9. The van der Waals surface area contributed by atoms with Gasteiger partial charge in [0.1, 0.15) is 14.1 Å². The van der Waals surface area contributed by atoms with Crippen LogP contribution in [0.4, 0.5) is 26.3 Å². The Morgan fingerprint density at radius 1 is 0.972 bits per heavy atom. The standard InChI is InChI=1S/C7H17N2S.C5H12N2S.C3H5F3O3S.CHF3O3S/c1-5-10-7(6-8-2)9(3)4;1-6-4-5(8)7(2)3;1-2-9-10(7,8)3(4,5)6;2-1(3,4)8(5,6)7/h8H,5-6H2,1-4H3;6H,4H2,1-3H3;2H2,1H3;(H,5,6,7)/q+1;;;/p-1. The summed E-state index contributed by atoms with van der Waals surface area (Å²) < 4.78 is 118. The van der Waals surface area contributed by atoms with Gasteiger partial charge in [0.05, 0.1) is 18.1 Å². The highest BCUT2D eigenvalue weighted by molar-refractivity contribution is 8.13. The molecule has 0 aliphatic heterocycles. The van der Waals surface area contributed by atoms with Gasteiger partial charge in [-0.1, -0.05) is 30.9 Å². The first-order valence-corrected chi connectivity index (χ1v) is 13.8. The van der Waals surface area contributed by atoms with Crippen molar-refractivity contribution in [3.05, 3.63) is 0 Å². The fourth-order valence-electron chi connectivity index (χ4n) is 1.19. The van der Waals surface area contributed by atoms with Crippen molar-refractivity contribution in [2.24, 2.45) is 0 Å². The van der Waals surface area contributed by atoms with Gasteiger partial charge in [0.15, 0.2) is 10.1 Å². The Morgan fingerprint density at radius 2 is 1.36 bits per heavy atom. The predicted octanol–water partition coefficient (Wildman–Crippen LogP) is 1.65. The maximum atomic E-state index is 11.3. The Labute approximate surface area is 218 Å². The van der Waals surface area contributed by atoms with Crippen LogP contribution in [0.15, 0.2) is 0 Å². The number of hydrogen-bond acceptors (Lipinski definition) is 10. The number of hydrogen-bond donors (Lipinski definition) is 2. The van der Waals surface area contributed by atoms with E-state index in [1.807, 2.05) is 44.9 Å². The highest BCUT2D eigenvalue weighted by Crippen LogP contribution is 2.24. The summed E-state index contributed by atoms with van der Waals surface area (Å²) in [6.07, 6.45) is 0. The number of nitrogens with one attached hydrogen (secondary N) is 2. The Kier molecular flexibility index (Phi) is 23.8. The fraction of sp³-hybridized carbons (Fsp3) is 0.875. The van der Waals surface area contributed by atoms with E-state index in [9.17, 15) is 34.8 Å². The maximum Gasteiger partial charge on any atom is 0.523 e. The first kappa shape index (κ1) is 42.3. The molecule has 0 bridgehead atoms. The van der Waals surface area contributed by atoms with Crippen LogP contribution in [0.3, 0.4) is 0 Å². The predicted molar refractivity (Wildman–Crippen MR) is 132 cm³/mol. The van der Waals surface area contributed by atoms with Crippen molar-refractivity contribution in [3.63, 3.8) is 0 Å². The first-order valence-electron chi connectivity index (χ1n) is 9.59. The molecule has 0 heterocycles. The zero-order valence-corrected chi connectivity index (χ0v) is 24.3. The largest absolute Gasteiger partial charge is 0.741 e. The third-order valence-electron chi connectivity index (χ3n) is 2.80. The number of halogens is 6. The van der Waals surface area contributed by atoms with Crippen molar-refractivity contribution in [1.82, 2.24) is 15.5 Å². The van der Waals surface area contributed by atoms with Gasteiger partial charge >= 0.3 is 21.1 Å². The van der Waals surface area contributed by atoms with E-state index in [0.29, 0.717) is 0 Å². The van der Waals surface area contributed by atoms with Crippen molar-refractivity contribution in [1.29, 1.82) is 0 Å². The third kappa shape index (κ3) is 23.6. The van der Waals surface area contributed by atoms with Crippen LogP contribution in [0.2, 0.25) is 0 Å². The van der Waals surface area contributed by atoms with E-state index in [1.54, 1.807) is 0 Å². The van der Waals surface area contributed by atoms with Gasteiger partial charge in [0.25, 0.3) is 0 Å². The molecular weight excluding hydrogens is 586 g/mol. The van der Waals surface area contributed by atoms with Crippen LogP contribution in [0, 0.1) is 0 Å². The van der Waals surface area contributed by atoms with Gasteiger partial charge in [0.2, 0.25) is 5.04 Å². The molecule has 20 heteroatoms. The van der Waals surface area contributed by atoms with Gasteiger partial charge in [-0.15, -0.1) is 0 Å². The molecule has 220 valence electrons. The zero-order chi connectivity index (χ0) is 30.0. The number of nitrogens with zero attached hydrogens (tertiary/aromatic N) is 2. The molecular formula is C16H34F6N4O6S4. The van der Waals surface area contributed by atoms with Gasteiger partial charge in [-0.2, -0.15) is 34.8 Å². The van der Waals surface area contributed by atoms with Gasteiger partial charge in [-0.25, -0.2) is 13.0 Å². The third-order valence-corrected chi connectivity index (χ3v) is 6.13. The summed E-state index contributed by atoms with van der Waals surface area (Å²) in [5, 5.41) is 7.49. The molecule has 36 heavy (non-hydrogen) atoms. The van der Waals surface area contributed by atoms with Crippen LogP contribution < -0.4 is 10.6 Å². The lowest BCUT2D eigenvalue weighted by Crippen LogP contribution is -2.29. The molecule has 0 aromatic rings. The van der Waals surface area contributed by atoms with E-state index in [2.05, 4.69) is 40.4 Å². The molecule has 0 saturated carbocycles.